The Balaban J connectivity index is 0.000000789. The fourth-order valence-electron chi connectivity index (χ4n) is 1.35. The van der Waals surface area contributed by atoms with Crippen LogP contribution < -0.4 is 17.2 Å². The molecule has 7 N–H and O–H groups in total. The first-order valence-corrected chi connectivity index (χ1v) is 6.44. The van der Waals surface area contributed by atoms with Crippen molar-refractivity contribution < 1.29 is 4.79 Å². The van der Waals surface area contributed by atoms with Crippen LogP contribution in [0.15, 0.2) is 6.33 Å². The molecule has 120 valence electrons. The second-order valence-corrected chi connectivity index (χ2v) is 3.55. The topological polar surface area (TPSA) is 175 Å². The van der Waals surface area contributed by atoms with Gasteiger partial charge >= 0.3 is 0 Å². The number of nitrogens with one attached hydrogen (secondary N) is 1. The monoisotopic (exact) mass is 307 g/mol. The van der Waals surface area contributed by atoms with E-state index in [0.29, 0.717) is 0 Å². The van der Waals surface area contributed by atoms with Crippen molar-refractivity contribution in [1.82, 2.24) is 24.7 Å². The molecule has 0 aliphatic heterocycles. The largest absolute Gasteiger partial charge is 0.383 e. The average molecular weight is 307 g/mol. The zero-order chi connectivity index (χ0) is 17.3. The van der Waals surface area contributed by atoms with Gasteiger partial charge in [-0.05, 0) is 13.1 Å². The first-order chi connectivity index (χ1) is 10.4. The lowest BCUT2D eigenvalue weighted by Crippen LogP contribution is -2.16. The summed E-state index contributed by atoms with van der Waals surface area (Å²) in [6, 6.07) is 0. The number of nitrogens with zero attached hydrogens (tertiary/aromatic N) is 5. The maximum atomic E-state index is 11.0. The van der Waals surface area contributed by atoms with Crippen LogP contribution in [0.1, 0.15) is 31.4 Å². The van der Waals surface area contributed by atoms with Gasteiger partial charge in [-0.25, -0.2) is 19.6 Å². The Kier molecular flexibility index (Phi) is 7.76. The molecule has 0 radical (unpaired) electrons. The van der Waals surface area contributed by atoms with Crippen molar-refractivity contribution in [3.05, 3.63) is 12.2 Å². The molecule has 22 heavy (non-hydrogen) atoms. The molecule has 0 aromatic carbocycles. The molecule has 2 rings (SSSR count). The fourth-order valence-corrected chi connectivity index (χ4v) is 1.35. The van der Waals surface area contributed by atoms with E-state index < -0.39 is 5.91 Å². The number of primary amides is 1. The average Bonchev–Trinajstić information content (AvgIpc) is 2.84. The number of nitrogen functional groups attached to an aromatic ring is 2. The highest BCUT2D eigenvalue weighted by atomic mass is 16.1. The lowest BCUT2D eigenvalue weighted by molar-refractivity contribution is 0.0986. The predicted molar refractivity (Wildman–Crippen MR) is 85.2 cm³/mol. The van der Waals surface area contributed by atoms with Crippen molar-refractivity contribution in [2.24, 2.45) is 12.8 Å². The summed E-state index contributed by atoms with van der Waals surface area (Å²) in [5.74, 6) is -0.252. The maximum Gasteiger partial charge on any atom is 0.286 e. The molecule has 1 amide bonds. The van der Waals surface area contributed by atoms with Gasteiger partial charge in [0, 0.05) is 7.05 Å². The lowest BCUT2D eigenvalue weighted by Gasteiger charge is -2.01. The SMILES string of the molecule is CC.CC=N.Cn1nc(-c2c(N)ncnc2N)nc1C(N)=O. The summed E-state index contributed by atoms with van der Waals surface area (Å²) in [6.45, 7) is 5.67. The van der Waals surface area contributed by atoms with Crippen LogP contribution >= 0.6 is 0 Å². The zero-order valence-corrected chi connectivity index (χ0v) is 13.0. The molecule has 0 bridgehead atoms. The van der Waals surface area contributed by atoms with Gasteiger partial charge in [-0.15, -0.1) is 0 Å². The van der Waals surface area contributed by atoms with Crippen LogP contribution in [-0.4, -0.2) is 36.9 Å². The van der Waals surface area contributed by atoms with Crippen LogP contribution in [0.4, 0.5) is 11.6 Å². The summed E-state index contributed by atoms with van der Waals surface area (Å²) < 4.78 is 1.24. The normalized spacial score (nSPS) is 8.91. The second kappa shape index (κ2) is 9.00. The van der Waals surface area contributed by atoms with Crippen LogP contribution in [0.3, 0.4) is 0 Å². The van der Waals surface area contributed by atoms with Crippen molar-refractivity contribution in [2.45, 2.75) is 20.8 Å². The van der Waals surface area contributed by atoms with E-state index in [-0.39, 0.29) is 28.8 Å². The minimum Gasteiger partial charge on any atom is -0.383 e. The van der Waals surface area contributed by atoms with E-state index in [1.807, 2.05) is 13.8 Å². The minimum absolute atomic E-state index is 0.00246. The molecule has 0 aliphatic rings. The summed E-state index contributed by atoms with van der Waals surface area (Å²) in [6.07, 6.45) is 2.48. The summed E-state index contributed by atoms with van der Waals surface area (Å²) >= 11 is 0. The van der Waals surface area contributed by atoms with Gasteiger partial charge in [-0.2, -0.15) is 5.10 Å². The number of nitrogens with two attached hydrogens (primary N) is 3. The molecule has 2 heterocycles. The molecule has 0 spiro atoms. The number of hydrogen-bond donors (Lipinski definition) is 4. The number of aryl methyl sites for hydroxylation is 1. The molecule has 2 aromatic heterocycles. The predicted octanol–water partition coefficient (Wildman–Crippen LogP) is 0.217. The van der Waals surface area contributed by atoms with E-state index in [4.69, 9.17) is 22.6 Å². The van der Waals surface area contributed by atoms with E-state index >= 15 is 0 Å². The number of rotatable bonds is 2. The Labute approximate surface area is 128 Å². The van der Waals surface area contributed by atoms with Gasteiger partial charge in [0.25, 0.3) is 5.91 Å². The Morgan fingerprint density at radius 2 is 1.73 bits per heavy atom. The maximum absolute atomic E-state index is 11.0. The molecule has 0 aliphatic carbocycles. The first kappa shape index (κ1) is 19.0. The van der Waals surface area contributed by atoms with E-state index in [1.165, 1.54) is 24.3 Å². The molecule has 0 unspecified atom stereocenters. The smallest absolute Gasteiger partial charge is 0.286 e. The third kappa shape index (κ3) is 4.51. The quantitative estimate of drug-likeness (QED) is 0.573. The van der Waals surface area contributed by atoms with Gasteiger partial charge < -0.3 is 22.6 Å². The molecule has 10 heteroatoms. The van der Waals surface area contributed by atoms with E-state index in [0.717, 1.165) is 0 Å². The highest BCUT2D eigenvalue weighted by molar-refractivity contribution is 5.90. The second-order valence-electron chi connectivity index (χ2n) is 3.55. The highest BCUT2D eigenvalue weighted by Gasteiger charge is 2.18. The van der Waals surface area contributed by atoms with Crippen molar-refractivity contribution in [3.63, 3.8) is 0 Å². The van der Waals surface area contributed by atoms with Crippen LogP contribution in [0.25, 0.3) is 11.4 Å². The summed E-state index contributed by atoms with van der Waals surface area (Å²) in [4.78, 5) is 22.5. The summed E-state index contributed by atoms with van der Waals surface area (Å²) in [5, 5.41) is 10.1. The molecule has 0 saturated carbocycles. The number of carbonyl (C=O) groups excluding carboxylic acids is 1. The van der Waals surface area contributed by atoms with Crippen LogP contribution in [0, 0.1) is 5.41 Å². The number of aromatic nitrogens is 5. The lowest BCUT2D eigenvalue weighted by atomic mass is 10.2. The highest BCUT2D eigenvalue weighted by Crippen LogP contribution is 2.25. The van der Waals surface area contributed by atoms with Gasteiger partial charge in [0.05, 0.1) is 0 Å². The zero-order valence-electron chi connectivity index (χ0n) is 13.0. The molecular weight excluding hydrogens is 286 g/mol. The van der Waals surface area contributed by atoms with E-state index in [2.05, 4.69) is 20.1 Å². The van der Waals surface area contributed by atoms with Gasteiger partial charge in [-0.3, -0.25) is 4.79 Å². The number of carbonyl (C=O) groups is 1. The van der Waals surface area contributed by atoms with Crippen molar-refractivity contribution in [3.8, 4) is 11.4 Å². The summed E-state index contributed by atoms with van der Waals surface area (Å²) in [5.41, 5.74) is 16.7. The van der Waals surface area contributed by atoms with Gasteiger partial charge in [-0.1, -0.05) is 13.8 Å². The van der Waals surface area contributed by atoms with E-state index in [1.54, 1.807) is 6.92 Å². The Morgan fingerprint density at radius 1 is 1.27 bits per heavy atom. The Morgan fingerprint density at radius 3 is 2.09 bits per heavy atom. The number of anilines is 2. The molecule has 0 fully saturated rings. The third-order valence-corrected chi connectivity index (χ3v) is 2.11. The van der Waals surface area contributed by atoms with Crippen molar-refractivity contribution in [1.29, 1.82) is 5.41 Å². The number of amides is 1. The molecule has 0 saturated heterocycles. The van der Waals surface area contributed by atoms with Crippen LogP contribution in [0.5, 0.6) is 0 Å². The molecular formula is C12H21N9O. The summed E-state index contributed by atoms with van der Waals surface area (Å²) in [7, 11) is 1.53. The molecule has 2 aromatic rings. The third-order valence-electron chi connectivity index (χ3n) is 2.11. The molecule has 10 nitrogen and oxygen atoms in total. The van der Waals surface area contributed by atoms with Crippen LogP contribution in [0.2, 0.25) is 0 Å². The van der Waals surface area contributed by atoms with Crippen LogP contribution in [-0.2, 0) is 7.05 Å². The Hall–Kier alpha value is -3.04. The standard InChI is InChI=1S/C8H10N8O.C2H5N.C2H6/c1-16-8(6(11)17)14-7(15-16)3-4(9)12-2-13-5(3)10;1-2-3;1-2/h2H,1H3,(H2,11,17)(H4,9,10,12,13);2-3H,1H3;1-2H3. The Bertz CT molecular complexity index is 615. The van der Waals surface area contributed by atoms with Crippen molar-refractivity contribution in [2.75, 3.05) is 11.5 Å². The van der Waals surface area contributed by atoms with Gasteiger partial charge in [0.1, 0.15) is 23.5 Å². The van der Waals surface area contributed by atoms with E-state index in [9.17, 15) is 4.79 Å². The minimum atomic E-state index is -0.694. The first-order valence-electron chi connectivity index (χ1n) is 6.44. The molecule has 0 atom stereocenters. The number of hydrogen-bond acceptors (Lipinski definition) is 8. The van der Waals surface area contributed by atoms with Gasteiger partial charge in [0.2, 0.25) is 5.82 Å². The van der Waals surface area contributed by atoms with Gasteiger partial charge in [0.15, 0.2) is 5.82 Å². The fraction of sp³-hybridized carbons (Fsp3) is 0.333. The van der Waals surface area contributed by atoms with Crippen molar-refractivity contribution >= 4 is 23.8 Å².